The lowest BCUT2D eigenvalue weighted by molar-refractivity contribution is -0.125. The number of hydrogen-bond donors (Lipinski definition) is 2. The van der Waals surface area contributed by atoms with Crippen molar-refractivity contribution in [2.75, 3.05) is 13.2 Å². The van der Waals surface area contributed by atoms with Crippen LogP contribution in [0.3, 0.4) is 0 Å². The number of nitrogens with one attached hydrogen (secondary N) is 1. The van der Waals surface area contributed by atoms with Crippen molar-refractivity contribution in [1.29, 1.82) is 0 Å². The predicted molar refractivity (Wildman–Crippen MR) is 61.8 cm³/mol. The van der Waals surface area contributed by atoms with Crippen LogP contribution < -0.4 is 11.1 Å². The first-order valence-corrected chi connectivity index (χ1v) is 6.30. The van der Waals surface area contributed by atoms with Crippen LogP contribution in [0.4, 0.5) is 0 Å². The van der Waals surface area contributed by atoms with Crippen molar-refractivity contribution < 1.29 is 9.53 Å². The van der Waals surface area contributed by atoms with Gasteiger partial charge >= 0.3 is 0 Å². The van der Waals surface area contributed by atoms with Crippen LogP contribution in [0.15, 0.2) is 0 Å². The maximum Gasteiger partial charge on any atom is 0.225 e. The third-order valence-corrected chi connectivity index (χ3v) is 3.72. The lowest BCUT2D eigenvalue weighted by Crippen LogP contribution is -2.34. The highest BCUT2D eigenvalue weighted by Gasteiger charge is 2.29. The fourth-order valence-electron chi connectivity index (χ4n) is 2.69. The van der Waals surface area contributed by atoms with Gasteiger partial charge in [0.25, 0.3) is 0 Å². The van der Waals surface area contributed by atoms with E-state index in [0.717, 1.165) is 32.2 Å². The van der Waals surface area contributed by atoms with Gasteiger partial charge in [0.2, 0.25) is 5.91 Å². The van der Waals surface area contributed by atoms with Crippen molar-refractivity contribution >= 4 is 5.91 Å². The van der Waals surface area contributed by atoms with E-state index in [4.69, 9.17) is 10.5 Å². The molecule has 0 aromatic carbocycles. The van der Waals surface area contributed by atoms with Gasteiger partial charge in [0.15, 0.2) is 0 Å². The summed E-state index contributed by atoms with van der Waals surface area (Å²) < 4.78 is 5.39. The van der Waals surface area contributed by atoms with E-state index in [2.05, 4.69) is 5.32 Å². The van der Waals surface area contributed by atoms with Crippen molar-refractivity contribution in [1.82, 2.24) is 5.32 Å². The summed E-state index contributed by atoms with van der Waals surface area (Å²) >= 11 is 0. The number of hydrogen-bond acceptors (Lipinski definition) is 3. The Morgan fingerprint density at radius 1 is 1.44 bits per heavy atom. The Hall–Kier alpha value is -0.610. The lowest BCUT2D eigenvalue weighted by Gasteiger charge is -2.13. The number of nitrogens with two attached hydrogens (primary N) is 1. The molecule has 1 amide bonds. The average molecular weight is 226 g/mol. The summed E-state index contributed by atoms with van der Waals surface area (Å²) in [5.41, 5.74) is 5.84. The van der Waals surface area contributed by atoms with Gasteiger partial charge in [0.1, 0.15) is 0 Å². The molecule has 2 aliphatic rings. The van der Waals surface area contributed by atoms with E-state index in [1.807, 2.05) is 6.92 Å². The van der Waals surface area contributed by atoms with Gasteiger partial charge < -0.3 is 15.8 Å². The fourth-order valence-corrected chi connectivity index (χ4v) is 2.69. The van der Waals surface area contributed by atoms with Crippen LogP contribution >= 0.6 is 0 Å². The third-order valence-electron chi connectivity index (χ3n) is 3.72. The van der Waals surface area contributed by atoms with E-state index < -0.39 is 0 Å². The zero-order valence-corrected chi connectivity index (χ0v) is 9.95. The van der Waals surface area contributed by atoms with E-state index >= 15 is 0 Å². The maximum atomic E-state index is 11.8. The van der Waals surface area contributed by atoms with Gasteiger partial charge in [-0.15, -0.1) is 0 Å². The molecule has 0 aromatic heterocycles. The molecule has 4 atom stereocenters. The summed E-state index contributed by atoms with van der Waals surface area (Å²) in [7, 11) is 0. The van der Waals surface area contributed by atoms with Gasteiger partial charge in [0, 0.05) is 12.6 Å². The summed E-state index contributed by atoms with van der Waals surface area (Å²) in [6, 6.07) is 0.344. The molecule has 0 spiro atoms. The van der Waals surface area contributed by atoms with Crippen molar-refractivity contribution in [3.63, 3.8) is 0 Å². The molecule has 2 rings (SSSR count). The predicted octanol–water partition coefficient (Wildman–Crippen LogP) is 0.655. The zero-order chi connectivity index (χ0) is 11.5. The van der Waals surface area contributed by atoms with Crippen molar-refractivity contribution in [3.8, 4) is 0 Å². The Balaban J connectivity index is 1.68. The molecule has 3 N–H and O–H groups in total. The van der Waals surface area contributed by atoms with E-state index in [9.17, 15) is 4.79 Å². The second kappa shape index (κ2) is 5.15. The van der Waals surface area contributed by atoms with Crippen LogP contribution in [-0.2, 0) is 9.53 Å². The van der Waals surface area contributed by atoms with Crippen molar-refractivity contribution in [2.24, 2.45) is 17.6 Å². The second-order valence-electron chi connectivity index (χ2n) is 5.26. The number of carbonyl (C=O) groups excluding carboxylic acids is 1. The lowest BCUT2D eigenvalue weighted by atomic mass is 10.0. The zero-order valence-electron chi connectivity index (χ0n) is 9.95. The number of amides is 1. The molecule has 0 bridgehead atoms. The van der Waals surface area contributed by atoms with Crippen LogP contribution in [0, 0.1) is 11.8 Å². The SMILES string of the molecule is CC1CC(C(=O)NCC2CCC(N)C2)CO1. The largest absolute Gasteiger partial charge is 0.378 e. The van der Waals surface area contributed by atoms with Crippen LogP contribution in [0.25, 0.3) is 0 Å². The molecule has 92 valence electrons. The first-order valence-electron chi connectivity index (χ1n) is 6.30. The molecule has 1 heterocycles. The third kappa shape index (κ3) is 2.95. The highest BCUT2D eigenvalue weighted by Crippen LogP contribution is 2.24. The van der Waals surface area contributed by atoms with Crippen LogP contribution in [0.2, 0.25) is 0 Å². The minimum absolute atomic E-state index is 0.0603. The molecule has 4 heteroatoms. The van der Waals surface area contributed by atoms with E-state index in [-0.39, 0.29) is 17.9 Å². The fraction of sp³-hybridized carbons (Fsp3) is 0.917. The van der Waals surface area contributed by atoms with Gasteiger partial charge in [-0.25, -0.2) is 0 Å². The van der Waals surface area contributed by atoms with Crippen LogP contribution in [0.5, 0.6) is 0 Å². The summed E-state index contributed by atoms with van der Waals surface area (Å²) in [5, 5.41) is 3.03. The Morgan fingerprint density at radius 3 is 2.81 bits per heavy atom. The van der Waals surface area contributed by atoms with Crippen molar-refractivity contribution in [2.45, 2.75) is 44.8 Å². The molecule has 1 aliphatic carbocycles. The maximum absolute atomic E-state index is 11.8. The number of carbonyl (C=O) groups is 1. The molecule has 1 aliphatic heterocycles. The molecular weight excluding hydrogens is 204 g/mol. The number of ether oxygens (including phenoxy) is 1. The van der Waals surface area contributed by atoms with Gasteiger partial charge in [0.05, 0.1) is 18.6 Å². The highest BCUT2D eigenvalue weighted by atomic mass is 16.5. The molecule has 4 nitrogen and oxygen atoms in total. The summed E-state index contributed by atoms with van der Waals surface area (Å²) in [6.45, 7) is 3.39. The molecular formula is C12H22N2O2. The molecule has 2 fully saturated rings. The molecule has 0 radical (unpaired) electrons. The molecule has 1 saturated carbocycles. The first kappa shape index (κ1) is 11.9. The highest BCUT2D eigenvalue weighted by molar-refractivity contribution is 5.79. The first-order chi connectivity index (χ1) is 7.65. The second-order valence-corrected chi connectivity index (χ2v) is 5.26. The van der Waals surface area contributed by atoms with Crippen LogP contribution in [0.1, 0.15) is 32.6 Å². The van der Waals surface area contributed by atoms with E-state index in [1.54, 1.807) is 0 Å². The molecule has 0 aromatic rings. The van der Waals surface area contributed by atoms with E-state index in [1.165, 1.54) is 0 Å². The normalized spacial score (nSPS) is 38.9. The minimum atomic E-state index is 0.0603. The van der Waals surface area contributed by atoms with Crippen molar-refractivity contribution in [3.05, 3.63) is 0 Å². The number of rotatable bonds is 3. The Labute approximate surface area is 96.9 Å². The Bertz CT molecular complexity index is 257. The quantitative estimate of drug-likeness (QED) is 0.743. The Morgan fingerprint density at radius 2 is 2.25 bits per heavy atom. The topological polar surface area (TPSA) is 64.4 Å². The monoisotopic (exact) mass is 226 g/mol. The van der Waals surface area contributed by atoms with Gasteiger partial charge in [-0.3, -0.25) is 4.79 Å². The van der Waals surface area contributed by atoms with Gasteiger partial charge in [-0.05, 0) is 38.5 Å². The summed E-state index contributed by atoms with van der Waals surface area (Å²) in [5.74, 6) is 0.800. The van der Waals surface area contributed by atoms with Crippen LogP contribution in [-0.4, -0.2) is 31.2 Å². The molecule has 4 unspecified atom stereocenters. The van der Waals surface area contributed by atoms with E-state index in [0.29, 0.717) is 18.6 Å². The van der Waals surface area contributed by atoms with Gasteiger partial charge in [-0.1, -0.05) is 0 Å². The Kier molecular flexibility index (Phi) is 3.82. The summed E-state index contributed by atoms with van der Waals surface area (Å²) in [6.07, 6.45) is 4.40. The minimum Gasteiger partial charge on any atom is -0.378 e. The average Bonchev–Trinajstić information content (AvgIpc) is 2.84. The summed E-state index contributed by atoms with van der Waals surface area (Å²) in [4.78, 5) is 11.8. The molecule has 16 heavy (non-hydrogen) atoms. The molecule has 1 saturated heterocycles. The smallest absolute Gasteiger partial charge is 0.225 e. The standard InChI is InChI=1S/C12H22N2O2/c1-8-4-10(7-16-8)12(15)14-6-9-2-3-11(13)5-9/h8-11H,2-7,13H2,1H3,(H,14,15). The van der Waals surface area contributed by atoms with Gasteiger partial charge in [-0.2, -0.15) is 0 Å².